The Morgan fingerprint density at radius 2 is 1.81 bits per heavy atom. The Kier molecular flexibility index (Phi) is 9.07. The van der Waals surface area contributed by atoms with Crippen molar-refractivity contribution in [3.63, 3.8) is 0 Å². The van der Waals surface area contributed by atoms with Gasteiger partial charge in [0, 0.05) is 11.1 Å². The van der Waals surface area contributed by atoms with Gasteiger partial charge in [-0.3, -0.25) is 9.36 Å². The zero-order valence-corrected chi connectivity index (χ0v) is 25.5. The SMILES string of the molecule is C=CCOc1c(/C=c2\sc3n(c2=O)[C@H](c2ccc(C(C)C)cc2)C(C(=O)OCC)=C(c2ccccc2)N=3)cccc1OC. The normalized spacial score (nSPS) is 14.7. The Bertz CT molecular complexity index is 1850. The van der Waals surface area contributed by atoms with Gasteiger partial charge in [0.2, 0.25) is 0 Å². The summed E-state index contributed by atoms with van der Waals surface area (Å²) in [5, 5.41) is 0. The van der Waals surface area contributed by atoms with Gasteiger partial charge in [-0.2, -0.15) is 0 Å². The van der Waals surface area contributed by atoms with Gasteiger partial charge in [0.25, 0.3) is 5.56 Å². The zero-order valence-electron chi connectivity index (χ0n) is 24.7. The molecule has 4 aromatic rings. The molecule has 3 aromatic carbocycles. The van der Waals surface area contributed by atoms with Gasteiger partial charge in [-0.15, -0.1) is 0 Å². The lowest BCUT2D eigenvalue weighted by Crippen LogP contribution is -2.40. The number of hydrogen-bond donors (Lipinski definition) is 0. The molecule has 0 radical (unpaired) electrons. The van der Waals surface area contributed by atoms with Crippen LogP contribution in [0.2, 0.25) is 0 Å². The van der Waals surface area contributed by atoms with E-state index in [1.54, 1.807) is 36.8 Å². The molecule has 220 valence electrons. The third-order valence-electron chi connectivity index (χ3n) is 7.15. The first kappa shape index (κ1) is 29.8. The first-order valence-electron chi connectivity index (χ1n) is 14.2. The van der Waals surface area contributed by atoms with E-state index in [-0.39, 0.29) is 18.8 Å². The molecular weight excluding hydrogens is 560 g/mol. The fourth-order valence-electron chi connectivity index (χ4n) is 5.06. The fraction of sp³-hybridized carbons (Fsp3) is 0.229. The number of carbonyl (C=O) groups excluding carboxylic acids is 1. The summed E-state index contributed by atoms with van der Waals surface area (Å²) in [6.07, 6.45) is 3.43. The van der Waals surface area contributed by atoms with Gasteiger partial charge in [-0.1, -0.05) is 105 Å². The second-order valence-electron chi connectivity index (χ2n) is 10.2. The third kappa shape index (κ3) is 5.96. The van der Waals surface area contributed by atoms with Crippen LogP contribution in [0, 0.1) is 0 Å². The number of carbonyl (C=O) groups is 1. The summed E-state index contributed by atoms with van der Waals surface area (Å²) in [6, 6.07) is 22.3. The van der Waals surface area contributed by atoms with Crippen molar-refractivity contribution >= 4 is 29.1 Å². The molecule has 43 heavy (non-hydrogen) atoms. The number of rotatable bonds is 10. The lowest BCUT2D eigenvalue weighted by molar-refractivity contribution is -0.138. The minimum absolute atomic E-state index is 0.192. The molecular formula is C35H34N2O5S. The summed E-state index contributed by atoms with van der Waals surface area (Å²) in [4.78, 5) is 33.3. The van der Waals surface area contributed by atoms with Crippen LogP contribution in [-0.2, 0) is 9.53 Å². The summed E-state index contributed by atoms with van der Waals surface area (Å²) in [7, 11) is 1.57. The zero-order chi connectivity index (χ0) is 30.5. The Labute approximate surface area is 254 Å². The molecule has 0 fully saturated rings. The maximum Gasteiger partial charge on any atom is 0.338 e. The van der Waals surface area contributed by atoms with Gasteiger partial charge in [0.1, 0.15) is 6.61 Å². The molecule has 1 aromatic heterocycles. The van der Waals surface area contributed by atoms with Gasteiger partial charge in [0.05, 0.1) is 35.6 Å². The van der Waals surface area contributed by atoms with Gasteiger partial charge < -0.3 is 14.2 Å². The highest BCUT2D eigenvalue weighted by Gasteiger charge is 2.35. The largest absolute Gasteiger partial charge is 0.493 e. The van der Waals surface area contributed by atoms with E-state index in [1.807, 2.05) is 66.7 Å². The number of thiazole rings is 1. The summed E-state index contributed by atoms with van der Waals surface area (Å²) < 4.78 is 19.1. The van der Waals surface area contributed by atoms with Crippen LogP contribution < -0.4 is 24.4 Å². The highest BCUT2D eigenvalue weighted by Crippen LogP contribution is 2.36. The number of esters is 1. The molecule has 0 unspecified atom stereocenters. The van der Waals surface area contributed by atoms with Crippen LogP contribution in [0.15, 0.2) is 101 Å². The molecule has 0 amide bonds. The van der Waals surface area contributed by atoms with Crippen molar-refractivity contribution in [3.8, 4) is 11.5 Å². The molecule has 0 saturated heterocycles. The van der Waals surface area contributed by atoms with Crippen LogP contribution >= 0.6 is 11.3 Å². The average Bonchev–Trinajstić information content (AvgIpc) is 3.34. The van der Waals surface area contributed by atoms with Crippen LogP contribution in [0.25, 0.3) is 11.8 Å². The average molecular weight is 595 g/mol. The maximum absolute atomic E-state index is 14.2. The first-order chi connectivity index (χ1) is 20.9. The van der Waals surface area contributed by atoms with Crippen LogP contribution in [0.1, 0.15) is 55.0 Å². The Balaban J connectivity index is 1.80. The van der Waals surface area contributed by atoms with Crippen molar-refractivity contribution < 1.29 is 19.0 Å². The predicted molar refractivity (Wildman–Crippen MR) is 170 cm³/mol. The van der Waals surface area contributed by atoms with Crippen molar-refractivity contribution in [2.45, 2.75) is 32.7 Å². The van der Waals surface area contributed by atoms with E-state index in [2.05, 4.69) is 20.4 Å². The molecule has 2 heterocycles. The molecule has 1 aliphatic heterocycles. The fourth-order valence-corrected chi connectivity index (χ4v) is 6.06. The molecule has 7 nitrogen and oxygen atoms in total. The molecule has 5 rings (SSSR count). The molecule has 0 aliphatic carbocycles. The van der Waals surface area contributed by atoms with Crippen LogP contribution in [-0.4, -0.2) is 30.9 Å². The maximum atomic E-state index is 14.2. The topological polar surface area (TPSA) is 79.1 Å². The minimum Gasteiger partial charge on any atom is -0.493 e. The van der Waals surface area contributed by atoms with Crippen molar-refractivity contribution in [2.24, 2.45) is 4.99 Å². The molecule has 0 spiro atoms. The molecule has 0 saturated carbocycles. The predicted octanol–water partition coefficient (Wildman–Crippen LogP) is 5.63. The van der Waals surface area contributed by atoms with E-state index in [9.17, 15) is 9.59 Å². The number of methoxy groups -OCH3 is 1. The highest BCUT2D eigenvalue weighted by atomic mass is 32.1. The minimum atomic E-state index is -0.740. The summed E-state index contributed by atoms with van der Waals surface area (Å²) in [5.41, 5.74) is 3.93. The van der Waals surface area contributed by atoms with E-state index < -0.39 is 12.0 Å². The van der Waals surface area contributed by atoms with Crippen molar-refractivity contribution in [1.82, 2.24) is 4.57 Å². The monoisotopic (exact) mass is 594 g/mol. The van der Waals surface area contributed by atoms with Crippen LogP contribution in [0.4, 0.5) is 0 Å². The summed E-state index contributed by atoms with van der Waals surface area (Å²) in [6.45, 7) is 10.2. The lowest BCUT2D eigenvalue weighted by atomic mass is 9.91. The van der Waals surface area contributed by atoms with E-state index in [0.29, 0.717) is 43.6 Å². The molecule has 1 atom stereocenters. The first-order valence-corrected chi connectivity index (χ1v) is 15.0. The van der Waals surface area contributed by atoms with Crippen molar-refractivity contribution in [1.29, 1.82) is 0 Å². The molecule has 1 aliphatic rings. The van der Waals surface area contributed by atoms with E-state index in [4.69, 9.17) is 19.2 Å². The number of benzene rings is 3. The second kappa shape index (κ2) is 13.1. The Morgan fingerprint density at radius 3 is 2.47 bits per heavy atom. The van der Waals surface area contributed by atoms with Gasteiger partial charge in [-0.25, -0.2) is 9.79 Å². The molecule has 0 N–H and O–H groups in total. The molecule has 8 heteroatoms. The van der Waals surface area contributed by atoms with Gasteiger partial charge >= 0.3 is 5.97 Å². The van der Waals surface area contributed by atoms with Crippen molar-refractivity contribution in [3.05, 3.63) is 133 Å². The summed E-state index contributed by atoms with van der Waals surface area (Å²) in [5.74, 6) is 0.873. The van der Waals surface area contributed by atoms with Crippen LogP contribution in [0.3, 0.4) is 0 Å². The third-order valence-corrected chi connectivity index (χ3v) is 8.14. The highest BCUT2D eigenvalue weighted by molar-refractivity contribution is 7.07. The Morgan fingerprint density at radius 1 is 1.07 bits per heavy atom. The van der Waals surface area contributed by atoms with Gasteiger partial charge in [0.15, 0.2) is 16.3 Å². The number of ether oxygens (including phenoxy) is 3. The Hall–Kier alpha value is -4.69. The van der Waals surface area contributed by atoms with Crippen molar-refractivity contribution in [2.75, 3.05) is 20.3 Å². The van der Waals surface area contributed by atoms with E-state index in [0.717, 1.165) is 16.7 Å². The van der Waals surface area contributed by atoms with E-state index >= 15 is 0 Å². The number of hydrogen-bond acceptors (Lipinski definition) is 7. The van der Waals surface area contributed by atoms with Gasteiger partial charge in [-0.05, 0) is 36.1 Å². The molecule has 0 bridgehead atoms. The number of fused-ring (bicyclic) bond motifs is 1. The smallest absolute Gasteiger partial charge is 0.338 e. The summed E-state index contributed by atoms with van der Waals surface area (Å²) >= 11 is 1.26. The number of nitrogens with zero attached hydrogens (tertiary/aromatic N) is 2. The standard InChI is InChI=1S/C35H34N2O5S/c1-6-20-42-32-26(14-11-15-27(32)40-5)21-28-33(38)37-31(25-18-16-23(17-19-25)22(3)4)29(34(39)41-7-2)30(36-35(37)43-28)24-12-9-8-10-13-24/h6,8-19,21-22,31H,1,7,20H2,2-5H3/b28-21-/t31-/m1/s1. The second-order valence-corrected chi connectivity index (χ2v) is 11.2. The number of para-hydroxylation sites is 1. The number of aromatic nitrogens is 1. The van der Waals surface area contributed by atoms with E-state index in [1.165, 1.54) is 11.3 Å². The lowest BCUT2D eigenvalue weighted by Gasteiger charge is -2.26. The quantitative estimate of drug-likeness (QED) is 0.176. The van der Waals surface area contributed by atoms with Crippen LogP contribution in [0.5, 0.6) is 11.5 Å².